The molecule has 1 aromatic carbocycles. The molecule has 1 amide bonds. The second kappa shape index (κ2) is 8.68. The van der Waals surface area contributed by atoms with Crippen LogP contribution in [0.2, 0.25) is 10.0 Å². The average Bonchev–Trinajstić information content (AvgIpc) is 2.67. The van der Waals surface area contributed by atoms with Gasteiger partial charge in [-0.05, 0) is 37.8 Å². The fraction of sp³-hybridized carbons (Fsp3) is 0.632. The fourth-order valence-corrected chi connectivity index (χ4v) is 6.70. The molecule has 27 heavy (non-hydrogen) atoms. The third-order valence-electron chi connectivity index (χ3n) is 5.79. The molecule has 1 heterocycles. The lowest BCUT2D eigenvalue weighted by atomic mass is 9.91. The van der Waals surface area contributed by atoms with Crippen molar-refractivity contribution in [2.45, 2.75) is 55.9 Å². The van der Waals surface area contributed by atoms with E-state index in [0.717, 1.165) is 12.8 Å². The van der Waals surface area contributed by atoms with E-state index in [2.05, 4.69) is 0 Å². The summed E-state index contributed by atoms with van der Waals surface area (Å²) >= 11 is 12.2. The molecule has 0 atom stereocenters. The molecule has 1 saturated heterocycles. The maximum Gasteiger partial charge on any atom is 0.246 e. The zero-order chi connectivity index (χ0) is 19.6. The monoisotopic (exact) mass is 432 g/mol. The summed E-state index contributed by atoms with van der Waals surface area (Å²) < 4.78 is 27.3. The topological polar surface area (TPSA) is 57.7 Å². The maximum absolute atomic E-state index is 12.9. The first-order chi connectivity index (χ1) is 12.8. The lowest BCUT2D eigenvalue weighted by molar-refractivity contribution is -0.138. The molecule has 3 rings (SSSR count). The molecule has 0 N–H and O–H groups in total. The van der Waals surface area contributed by atoms with Gasteiger partial charge in [0, 0.05) is 32.1 Å². The van der Waals surface area contributed by atoms with Gasteiger partial charge in [0.1, 0.15) is 4.90 Å². The number of amides is 1. The van der Waals surface area contributed by atoms with Gasteiger partial charge in [0.05, 0.1) is 10.0 Å². The van der Waals surface area contributed by atoms with Gasteiger partial charge in [-0.25, -0.2) is 8.42 Å². The number of sulfonamides is 1. The number of hydrogen-bond donors (Lipinski definition) is 0. The van der Waals surface area contributed by atoms with Crippen molar-refractivity contribution in [1.29, 1.82) is 0 Å². The zero-order valence-electron chi connectivity index (χ0n) is 15.5. The zero-order valence-corrected chi connectivity index (χ0v) is 17.9. The molecule has 0 spiro atoms. The van der Waals surface area contributed by atoms with E-state index in [1.807, 2.05) is 11.9 Å². The predicted octanol–water partition coefficient (Wildman–Crippen LogP) is 4.19. The van der Waals surface area contributed by atoms with Crippen LogP contribution in [0.3, 0.4) is 0 Å². The van der Waals surface area contributed by atoms with Crippen LogP contribution in [-0.4, -0.2) is 49.7 Å². The van der Waals surface area contributed by atoms with Gasteiger partial charge in [-0.15, -0.1) is 0 Å². The molecule has 1 saturated carbocycles. The Labute approximate surface area is 171 Å². The van der Waals surface area contributed by atoms with Gasteiger partial charge in [-0.3, -0.25) is 4.79 Å². The molecule has 0 radical (unpaired) electrons. The number of piperidine rings is 1. The van der Waals surface area contributed by atoms with Gasteiger partial charge in [-0.2, -0.15) is 4.31 Å². The summed E-state index contributed by atoms with van der Waals surface area (Å²) in [7, 11) is -1.87. The van der Waals surface area contributed by atoms with Gasteiger partial charge in [0.2, 0.25) is 15.9 Å². The second-order valence-electron chi connectivity index (χ2n) is 7.47. The molecule has 2 aliphatic rings. The van der Waals surface area contributed by atoms with Crippen molar-refractivity contribution in [2.24, 2.45) is 5.92 Å². The molecular weight excluding hydrogens is 407 g/mol. The molecule has 150 valence electrons. The smallest absolute Gasteiger partial charge is 0.246 e. The van der Waals surface area contributed by atoms with Crippen LogP contribution in [0.25, 0.3) is 0 Å². The number of carbonyl (C=O) groups excluding carboxylic acids is 1. The van der Waals surface area contributed by atoms with E-state index in [0.29, 0.717) is 32.0 Å². The first-order valence-corrected chi connectivity index (χ1v) is 11.7. The number of nitrogens with zero attached hydrogens (tertiary/aromatic N) is 2. The van der Waals surface area contributed by atoms with Gasteiger partial charge >= 0.3 is 0 Å². The lowest BCUT2D eigenvalue weighted by Crippen LogP contribution is -2.46. The van der Waals surface area contributed by atoms with Gasteiger partial charge in [-0.1, -0.05) is 48.5 Å². The van der Waals surface area contributed by atoms with Crippen LogP contribution < -0.4 is 0 Å². The van der Waals surface area contributed by atoms with Crippen molar-refractivity contribution in [3.8, 4) is 0 Å². The summed E-state index contributed by atoms with van der Waals surface area (Å²) in [6.07, 6.45) is 6.80. The lowest BCUT2D eigenvalue weighted by Gasteiger charge is -2.36. The van der Waals surface area contributed by atoms with Crippen LogP contribution in [-0.2, 0) is 14.8 Å². The van der Waals surface area contributed by atoms with Crippen molar-refractivity contribution in [3.63, 3.8) is 0 Å². The largest absolute Gasteiger partial charge is 0.343 e. The summed E-state index contributed by atoms with van der Waals surface area (Å²) in [5, 5.41) is 0.246. The number of rotatable bonds is 4. The van der Waals surface area contributed by atoms with E-state index in [1.165, 1.54) is 35.7 Å². The molecule has 5 nitrogen and oxygen atoms in total. The molecular formula is C19H26Cl2N2O3S. The minimum atomic E-state index is -3.77. The highest BCUT2D eigenvalue weighted by atomic mass is 35.5. The molecule has 1 aliphatic carbocycles. The van der Waals surface area contributed by atoms with E-state index in [9.17, 15) is 13.2 Å². The Morgan fingerprint density at radius 3 is 2.15 bits per heavy atom. The quantitative estimate of drug-likeness (QED) is 0.716. The Hall–Kier alpha value is -0.820. The standard InChI is InChI=1S/C19H26Cl2N2O3S/c1-22(15-6-3-2-4-7-15)19(24)14-10-12-23(13-11-14)27(25,26)18-16(20)8-5-9-17(18)21/h5,8-9,14-15H,2-4,6-7,10-13H2,1H3. The van der Waals surface area contributed by atoms with E-state index >= 15 is 0 Å². The third kappa shape index (κ3) is 4.44. The van der Waals surface area contributed by atoms with Crippen molar-refractivity contribution >= 4 is 39.1 Å². The normalized spacial score (nSPS) is 20.6. The van der Waals surface area contributed by atoms with Crippen LogP contribution in [0, 0.1) is 5.92 Å². The third-order valence-corrected chi connectivity index (χ3v) is 8.64. The minimum absolute atomic E-state index is 0.0440. The Morgan fingerprint density at radius 1 is 1.04 bits per heavy atom. The first-order valence-electron chi connectivity index (χ1n) is 9.53. The average molecular weight is 433 g/mol. The van der Waals surface area contributed by atoms with E-state index in [1.54, 1.807) is 6.07 Å². The van der Waals surface area contributed by atoms with Crippen LogP contribution in [0.5, 0.6) is 0 Å². The van der Waals surface area contributed by atoms with Crippen molar-refractivity contribution in [2.75, 3.05) is 20.1 Å². The number of halogens is 2. The van der Waals surface area contributed by atoms with Crippen molar-refractivity contribution in [1.82, 2.24) is 9.21 Å². The van der Waals surface area contributed by atoms with Crippen LogP contribution in [0.4, 0.5) is 0 Å². The highest BCUT2D eigenvalue weighted by Gasteiger charge is 2.36. The Balaban J connectivity index is 1.65. The molecule has 2 fully saturated rings. The minimum Gasteiger partial charge on any atom is -0.343 e. The molecule has 8 heteroatoms. The summed E-state index contributed by atoms with van der Waals surface area (Å²) in [5.41, 5.74) is 0. The fourth-order valence-electron chi connectivity index (χ4n) is 4.14. The number of benzene rings is 1. The van der Waals surface area contributed by atoms with E-state index in [4.69, 9.17) is 23.2 Å². The number of carbonyl (C=O) groups is 1. The molecule has 0 bridgehead atoms. The van der Waals surface area contributed by atoms with Gasteiger partial charge < -0.3 is 4.90 Å². The van der Waals surface area contributed by atoms with Crippen LogP contribution in [0.1, 0.15) is 44.9 Å². The number of hydrogen-bond acceptors (Lipinski definition) is 3. The summed E-state index contributed by atoms with van der Waals surface area (Å²) in [4.78, 5) is 14.7. The molecule has 0 aromatic heterocycles. The summed E-state index contributed by atoms with van der Waals surface area (Å²) in [5.74, 6) is 0.0276. The van der Waals surface area contributed by atoms with Crippen molar-refractivity contribution in [3.05, 3.63) is 28.2 Å². The van der Waals surface area contributed by atoms with Crippen LogP contribution >= 0.6 is 23.2 Å². The molecule has 1 aliphatic heterocycles. The molecule has 1 aromatic rings. The Morgan fingerprint density at radius 2 is 1.59 bits per heavy atom. The highest BCUT2D eigenvalue weighted by molar-refractivity contribution is 7.89. The maximum atomic E-state index is 12.9. The first kappa shape index (κ1) is 20.9. The van der Waals surface area contributed by atoms with E-state index < -0.39 is 10.0 Å². The van der Waals surface area contributed by atoms with Gasteiger partial charge in [0.15, 0.2) is 0 Å². The second-order valence-corrected chi connectivity index (χ2v) is 10.2. The van der Waals surface area contributed by atoms with Crippen molar-refractivity contribution < 1.29 is 13.2 Å². The summed E-state index contributed by atoms with van der Waals surface area (Å²) in [6, 6.07) is 5.00. The van der Waals surface area contributed by atoms with Gasteiger partial charge in [0.25, 0.3) is 0 Å². The summed E-state index contributed by atoms with van der Waals surface area (Å²) in [6.45, 7) is 0.609. The SMILES string of the molecule is CN(C(=O)C1CCN(S(=O)(=O)c2c(Cl)cccc2Cl)CC1)C1CCCCC1. The van der Waals surface area contributed by atoms with E-state index in [-0.39, 0.29) is 26.8 Å². The Bertz CT molecular complexity index is 766. The molecule has 0 unspecified atom stereocenters. The predicted molar refractivity (Wildman–Crippen MR) is 108 cm³/mol. The van der Waals surface area contributed by atoms with Crippen LogP contribution in [0.15, 0.2) is 23.1 Å². The Kier molecular flexibility index (Phi) is 6.72. The highest BCUT2D eigenvalue weighted by Crippen LogP contribution is 2.34.